The SMILES string of the molecule is CCO/N=C(/CSC(c1ccccc1)(c1ccccc1)c1ccccc1)C(=O)N(CC)c1cn(-c2cccnc2)nc1Cl. The maximum Gasteiger partial charge on any atom is 0.277 e. The highest BCUT2D eigenvalue weighted by Crippen LogP contribution is 2.48. The Kier molecular flexibility index (Phi) is 9.92. The highest BCUT2D eigenvalue weighted by molar-refractivity contribution is 8.01. The molecule has 0 aliphatic rings. The third kappa shape index (κ3) is 6.50. The van der Waals surface area contributed by atoms with Crippen molar-refractivity contribution in [1.29, 1.82) is 0 Å². The molecule has 2 heterocycles. The van der Waals surface area contributed by atoms with Crippen LogP contribution >= 0.6 is 23.4 Å². The minimum atomic E-state index is -0.628. The lowest BCUT2D eigenvalue weighted by Crippen LogP contribution is -2.39. The first-order valence-corrected chi connectivity index (χ1v) is 15.4. The number of carbonyl (C=O) groups is 1. The van der Waals surface area contributed by atoms with Gasteiger partial charge in [0.2, 0.25) is 0 Å². The summed E-state index contributed by atoms with van der Waals surface area (Å²) in [4.78, 5) is 25.4. The fourth-order valence-corrected chi connectivity index (χ4v) is 6.61. The van der Waals surface area contributed by atoms with Gasteiger partial charge in [0.05, 0.1) is 22.8 Å². The van der Waals surface area contributed by atoms with E-state index in [0.717, 1.165) is 22.4 Å². The predicted octanol–water partition coefficient (Wildman–Crippen LogP) is 7.39. The number of rotatable bonds is 12. The van der Waals surface area contributed by atoms with Crippen LogP contribution in [-0.2, 0) is 14.4 Å². The topological polar surface area (TPSA) is 72.6 Å². The number of pyridine rings is 1. The van der Waals surface area contributed by atoms with Crippen molar-refractivity contribution in [2.75, 3.05) is 23.8 Å². The molecule has 0 unspecified atom stereocenters. The van der Waals surface area contributed by atoms with Crippen LogP contribution in [0.3, 0.4) is 0 Å². The van der Waals surface area contributed by atoms with Crippen LogP contribution < -0.4 is 4.90 Å². The van der Waals surface area contributed by atoms with E-state index in [1.807, 2.05) is 80.6 Å². The maximum absolute atomic E-state index is 14.2. The number of halogens is 1. The van der Waals surface area contributed by atoms with E-state index in [-0.39, 0.29) is 22.5 Å². The average molecular weight is 610 g/mol. The summed E-state index contributed by atoms with van der Waals surface area (Å²) in [5.41, 5.74) is 4.76. The lowest BCUT2D eigenvalue weighted by atomic mass is 9.84. The summed E-state index contributed by atoms with van der Waals surface area (Å²) in [6, 6.07) is 34.7. The van der Waals surface area contributed by atoms with Crippen LogP contribution in [0.15, 0.2) is 127 Å². The van der Waals surface area contributed by atoms with E-state index in [1.54, 1.807) is 39.9 Å². The van der Waals surface area contributed by atoms with E-state index in [0.29, 0.717) is 18.8 Å². The summed E-state index contributed by atoms with van der Waals surface area (Å²) in [5.74, 6) is -0.0401. The van der Waals surface area contributed by atoms with E-state index >= 15 is 0 Å². The normalized spacial score (nSPS) is 11.7. The monoisotopic (exact) mass is 609 g/mol. The van der Waals surface area contributed by atoms with Gasteiger partial charge in [-0.2, -0.15) is 5.10 Å². The molecule has 0 spiro atoms. The molecule has 7 nitrogen and oxygen atoms in total. The lowest BCUT2D eigenvalue weighted by molar-refractivity contribution is -0.112. The van der Waals surface area contributed by atoms with Crippen LogP contribution in [0.5, 0.6) is 0 Å². The maximum atomic E-state index is 14.2. The minimum Gasteiger partial charge on any atom is -0.396 e. The standard InChI is InChI=1S/C34H32ClN5O2S/c1-3-39(31-24-40(37-32(31)35)29-21-14-22-36-23-29)33(41)30(38-42-4-2)25-43-34(26-15-8-5-9-16-26,27-17-10-6-11-18-27)28-19-12-7-13-20-28/h5-24H,3-4,25H2,1-2H3/b38-30-. The molecule has 0 bridgehead atoms. The molecule has 0 atom stereocenters. The molecule has 0 N–H and O–H groups in total. The molecule has 5 aromatic rings. The van der Waals surface area contributed by atoms with Crippen LogP contribution in [-0.4, -0.2) is 45.3 Å². The number of hydrogen-bond donors (Lipinski definition) is 0. The van der Waals surface area contributed by atoms with Crippen molar-refractivity contribution >= 4 is 40.7 Å². The molecule has 0 saturated carbocycles. The fourth-order valence-electron chi connectivity index (χ4n) is 4.94. The molecule has 0 radical (unpaired) electrons. The van der Waals surface area contributed by atoms with Gasteiger partial charge < -0.3 is 9.74 Å². The molecular weight excluding hydrogens is 578 g/mol. The zero-order valence-electron chi connectivity index (χ0n) is 24.0. The second-order valence-corrected chi connectivity index (χ2v) is 11.1. The van der Waals surface area contributed by atoms with Crippen molar-refractivity contribution in [2.24, 2.45) is 5.16 Å². The Morgan fingerprint density at radius 3 is 1.98 bits per heavy atom. The molecule has 0 saturated heterocycles. The number of anilines is 1. The third-order valence-electron chi connectivity index (χ3n) is 6.93. The van der Waals surface area contributed by atoms with Crippen molar-refractivity contribution in [3.05, 3.63) is 144 Å². The van der Waals surface area contributed by atoms with Gasteiger partial charge in [-0.3, -0.25) is 9.78 Å². The number of amides is 1. The average Bonchev–Trinajstić information content (AvgIpc) is 3.45. The molecule has 3 aromatic carbocycles. The summed E-state index contributed by atoms with van der Waals surface area (Å²) in [7, 11) is 0. The van der Waals surface area contributed by atoms with Gasteiger partial charge in [0.25, 0.3) is 5.91 Å². The second-order valence-electron chi connectivity index (χ2n) is 9.53. The Balaban J connectivity index is 1.54. The van der Waals surface area contributed by atoms with Crippen LogP contribution in [0.25, 0.3) is 5.69 Å². The van der Waals surface area contributed by atoms with Gasteiger partial charge in [-0.05, 0) is 42.7 Å². The van der Waals surface area contributed by atoms with E-state index < -0.39 is 4.75 Å². The Labute approximate surface area is 261 Å². The molecule has 9 heteroatoms. The second kappa shape index (κ2) is 14.2. The van der Waals surface area contributed by atoms with Crippen molar-refractivity contribution in [2.45, 2.75) is 18.6 Å². The van der Waals surface area contributed by atoms with Gasteiger partial charge in [-0.1, -0.05) is 108 Å². The van der Waals surface area contributed by atoms with Gasteiger partial charge in [0, 0.05) is 18.5 Å². The van der Waals surface area contributed by atoms with Gasteiger partial charge in [0.15, 0.2) is 10.9 Å². The Hall–Kier alpha value is -4.40. The van der Waals surface area contributed by atoms with Crippen molar-refractivity contribution < 1.29 is 9.63 Å². The molecule has 1 amide bonds. The lowest BCUT2D eigenvalue weighted by Gasteiger charge is -2.35. The van der Waals surface area contributed by atoms with Crippen LogP contribution in [0, 0.1) is 0 Å². The van der Waals surface area contributed by atoms with E-state index in [1.165, 1.54) is 0 Å². The molecule has 0 aliphatic carbocycles. The number of hydrogen-bond acceptors (Lipinski definition) is 6. The molecular formula is C34H32ClN5O2S. The Bertz CT molecular complexity index is 1550. The summed E-state index contributed by atoms with van der Waals surface area (Å²) in [5, 5.41) is 8.97. The highest BCUT2D eigenvalue weighted by atomic mass is 35.5. The molecule has 0 aliphatic heterocycles. The van der Waals surface area contributed by atoms with Crippen LogP contribution in [0.4, 0.5) is 5.69 Å². The Morgan fingerprint density at radius 2 is 1.49 bits per heavy atom. The van der Waals surface area contributed by atoms with E-state index in [4.69, 9.17) is 16.4 Å². The number of carbonyl (C=O) groups excluding carboxylic acids is 1. The third-order valence-corrected chi connectivity index (χ3v) is 8.76. The van der Waals surface area contributed by atoms with Crippen molar-refractivity contribution in [3.63, 3.8) is 0 Å². The molecule has 2 aromatic heterocycles. The minimum absolute atomic E-state index is 0.203. The first kappa shape index (κ1) is 30.1. The quantitative estimate of drug-likeness (QED) is 0.0838. The number of oxime groups is 1. The van der Waals surface area contributed by atoms with Crippen LogP contribution in [0.1, 0.15) is 30.5 Å². The molecule has 43 heavy (non-hydrogen) atoms. The fraction of sp³-hybridized carbons (Fsp3) is 0.176. The number of benzene rings is 3. The number of thioether (sulfide) groups is 1. The first-order chi connectivity index (χ1) is 21.1. The van der Waals surface area contributed by atoms with Gasteiger partial charge in [0.1, 0.15) is 12.3 Å². The van der Waals surface area contributed by atoms with Gasteiger partial charge >= 0.3 is 0 Å². The van der Waals surface area contributed by atoms with E-state index in [9.17, 15) is 4.79 Å². The molecule has 218 valence electrons. The number of aromatic nitrogens is 3. The zero-order valence-corrected chi connectivity index (χ0v) is 25.6. The van der Waals surface area contributed by atoms with Crippen molar-refractivity contribution in [1.82, 2.24) is 14.8 Å². The summed E-state index contributed by atoms with van der Waals surface area (Å²) < 4.78 is 0.983. The zero-order chi connectivity index (χ0) is 30.1. The Morgan fingerprint density at radius 1 is 0.907 bits per heavy atom. The summed E-state index contributed by atoms with van der Waals surface area (Å²) >= 11 is 8.21. The molecule has 0 fully saturated rings. The smallest absolute Gasteiger partial charge is 0.277 e. The van der Waals surface area contributed by atoms with Gasteiger partial charge in [-0.15, -0.1) is 11.8 Å². The summed E-state index contributed by atoms with van der Waals surface area (Å²) in [6.07, 6.45) is 5.10. The predicted molar refractivity (Wildman–Crippen MR) is 175 cm³/mol. The largest absolute Gasteiger partial charge is 0.396 e. The highest BCUT2D eigenvalue weighted by Gasteiger charge is 2.38. The van der Waals surface area contributed by atoms with Crippen molar-refractivity contribution in [3.8, 4) is 5.69 Å². The van der Waals surface area contributed by atoms with E-state index in [2.05, 4.69) is 51.6 Å². The first-order valence-electron chi connectivity index (χ1n) is 14.0. The molecule has 5 rings (SSSR count). The summed E-state index contributed by atoms with van der Waals surface area (Å²) in [6.45, 7) is 4.42. The number of nitrogens with zero attached hydrogens (tertiary/aromatic N) is 5. The van der Waals surface area contributed by atoms with Gasteiger partial charge in [-0.25, -0.2) is 4.68 Å². The van der Waals surface area contributed by atoms with Crippen LogP contribution in [0.2, 0.25) is 5.15 Å².